The SMILES string of the molecule is NS(=O)(=O)c1ccc(N=NCc2ccc(Br)cc2)cc1. The van der Waals surface area contributed by atoms with Gasteiger partial charge in [0.2, 0.25) is 10.0 Å². The molecule has 20 heavy (non-hydrogen) atoms. The third kappa shape index (κ3) is 4.22. The Kier molecular flexibility index (Phi) is 4.64. The first-order valence-electron chi connectivity index (χ1n) is 5.70. The van der Waals surface area contributed by atoms with Crippen molar-refractivity contribution in [2.45, 2.75) is 11.4 Å². The van der Waals surface area contributed by atoms with E-state index < -0.39 is 10.0 Å². The summed E-state index contributed by atoms with van der Waals surface area (Å²) < 4.78 is 23.2. The minimum atomic E-state index is -3.66. The highest BCUT2D eigenvalue weighted by Gasteiger charge is 2.06. The normalized spacial score (nSPS) is 11.9. The van der Waals surface area contributed by atoms with Crippen LogP contribution in [0.5, 0.6) is 0 Å². The molecule has 0 aliphatic carbocycles. The first-order chi connectivity index (χ1) is 9.45. The Hall–Kier alpha value is -1.57. The number of primary sulfonamides is 1. The summed E-state index contributed by atoms with van der Waals surface area (Å²) in [6.07, 6.45) is 0. The fraction of sp³-hybridized carbons (Fsp3) is 0.0769. The molecule has 0 amide bonds. The smallest absolute Gasteiger partial charge is 0.225 e. The molecule has 0 spiro atoms. The van der Waals surface area contributed by atoms with E-state index in [9.17, 15) is 8.42 Å². The molecule has 0 aromatic heterocycles. The van der Waals surface area contributed by atoms with Crippen LogP contribution in [0.1, 0.15) is 5.56 Å². The maximum absolute atomic E-state index is 11.1. The molecule has 104 valence electrons. The zero-order valence-corrected chi connectivity index (χ0v) is 12.8. The number of rotatable bonds is 4. The van der Waals surface area contributed by atoms with Crippen LogP contribution < -0.4 is 5.14 Å². The molecule has 5 nitrogen and oxygen atoms in total. The van der Waals surface area contributed by atoms with Crippen LogP contribution in [-0.2, 0) is 16.6 Å². The van der Waals surface area contributed by atoms with Gasteiger partial charge in [-0.2, -0.15) is 10.2 Å². The lowest BCUT2D eigenvalue weighted by atomic mass is 10.2. The summed E-state index contributed by atoms with van der Waals surface area (Å²) in [5, 5.41) is 13.1. The molecule has 0 aliphatic heterocycles. The van der Waals surface area contributed by atoms with Crippen molar-refractivity contribution in [1.82, 2.24) is 0 Å². The predicted molar refractivity (Wildman–Crippen MR) is 80.2 cm³/mol. The monoisotopic (exact) mass is 353 g/mol. The van der Waals surface area contributed by atoms with E-state index in [0.29, 0.717) is 12.2 Å². The summed E-state index contributed by atoms with van der Waals surface area (Å²) >= 11 is 3.36. The first kappa shape index (κ1) is 14.8. The molecule has 0 aliphatic rings. The molecule has 0 bridgehead atoms. The largest absolute Gasteiger partial charge is 0.238 e. The third-order valence-corrected chi connectivity index (χ3v) is 3.98. The second kappa shape index (κ2) is 6.25. The maximum atomic E-state index is 11.1. The molecular weight excluding hydrogens is 342 g/mol. The lowest BCUT2D eigenvalue weighted by Gasteiger charge is -1.98. The van der Waals surface area contributed by atoms with Crippen LogP contribution in [0.2, 0.25) is 0 Å². The van der Waals surface area contributed by atoms with E-state index >= 15 is 0 Å². The van der Waals surface area contributed by atoms with Gasteiger partial charge in [-0.15, -0.1) is 0 Å². The van der Waals surface area contributed by atoms with E-state index in [1.54, 1.807) is 12.1 Å². The highest BCUT2D eigenvalue weighted by molar-refractivity contribution is 9.10. The third-order valence-electron chi connectivity index (χ3n) is 2.52. The van der Waals surface area contributed by atoms with Gasteiger partial charge in [-0.05, 0) is 42.0 Å². The Labute approximate surface area is 125 Å². The standard InChI is InChI=1S/C13H12BrN3O2S/c14-11-3-1-10(2-4-11)9-16-17-12-5-7-13(8-6-12)20(15,18)19/h1-8H,9H2,(H2,15,18,19). The van der Waals surface area contributed by atoms with Crippen molar-refractivity contribution in [3.63, 3.8) is 0 Å². The summed E-state index contributed by atoms with van der Waals surface area (Å²) in [5.74, 6) is 0. The fourth-order valence-electron chi connectivity index (χ4n) is 1.49. The van der Waals surface area contributed by atoms with Crippen LogP contribution >= 0.6 is 15.9 Å². The lowest BCUT2D eigenvalue weighted by Crippen LogP contribution is -2.11. The molecule has 0 saturated heterocycles. The summed E-state index contributed by atoms with van der Waals surface area (Å²) in [4.78, 5) is 0.0596. The van der Waals surface area contributed by atoms with Gasteiger partial charge in [-0.3, -0.25) is 0 Å². The second-order valence-electron chi connectivity index (χ2n) is 4.06. The van der Waals surface area contributed by atoms with Crippen molar-refractivity contribution in [2.24, 2.45) is 15.4 Å². The van der Waals surface area contributed by atoms with Gasteiger partial charge in [0.15, 0.2) is 0 Å². The summed E-state index contributed by atoms with van der Waals surface area (Å²) in [5.41, 5.74) is 1.62. The van der Waals surface area contributed by atoms with Gasteiger partial charge in [0.25, 0.3) is 0 Å². The average Bonchev–Trinajstić information content (AvgIpc) is 2.41. The zero-order valence-electron chi connectivity index (χ0n) is 10.4. The molecule has 0 saturated carbocycles. The van der Waals surface area contributed by atoms with Crippen LogP contribution in [-0.4, -0.2) is 8.42 Å². The molecule has 2 aromatic carbocycles. The van der Waals surface area contributed by atoms with Crippen LogP contribution in [0.15, 0.2) is 68.1 Å². The summed E-state index contributed by atoms with van der Waals surface area (Å²) in [7, 11) is -3.66. The van der Waals surface area contributed by atoms with Crippen LogP contribution in [0.4, 0.5) is 5.69 Å². The van der Waals surface area contributed by atoms with E-state index in [1.165, 1.54) is 12.1 Å². The highest BCUT2D eigenvalue weighted by Crippen LogP contribution is 2.17. The maximum Gasteiger partial charge on any atom is 0.238 e. The number of hydrogen-bond acceptors (Lipinski definition) is 4. The van der Waals surface area contributed by atoms with E-state index in [-0.39, 0.29) is 4.90 Å². The predicted octanol–water partition coefficient (Wildman–Crippen LogP) is 3.38. The molecule has 0 fully saturated rings. The molecule has 2 aromatic rings. The van der Waals surface area contributed by atoms with Gasteiger partial charge >= 0.3 is 0 Å². The molecule has 2 rings (SSSR count). The Bertz CT molecular complexity index is 710. The van der Waals surface area contributed by atoms with Gasteiger partial charge in [-0.25, -0.2) is 13.6 Å². The molecule has 0 radical (unpaired) electrons. The molecule has 7 heteroatoms. The van der Waals surface area contributed by atoms with Crippen LogP contribution in [0.25, 0.3) is 0 Å². The van der Waals surface area contributed by atoms with Crippen LogP contribution in [0, 0.1) is 0 Å². The minimum absolute atomic E-state index is 0.0596. The van der Waals surface area contributed by atoms with Gasteiger partial charge in [0, 0.05) is 4.47 Å². The van der Waals surface area contributed by atoms with Crippen molar-refractivity contribution in [1.29, 1.82) is 0 Å². The minimum Gasteiger partial charge on any atom is -0.225 e. The van der Waals surface area contributed by atoms with Gasteiger partial charge in [-0.1, -0.05) is 28.1 Å². The second-order valence-corrected chi connectivity index (χ2v) is 6.54. The fourth-order valence-corrected chi connectivity index (χ4v) is 2.27. The highest BCUT2D eigenvalue weighted by atomic mass is 79.9. The van der Waals surface area contributed by atoms with Crippen LogP contribution in [0.3, 0.4) is 0 Å². The van der Waals surface area contributed by atoms with E-state index in [2.05, 4.69) is 26.2 Å². The van der Waals surface area contributed by atoms with Gasteiger partial charge < -0.3 is 0 Å². The number of hydrogen-bond donors (Lipinski definition) is 1. The molecule has 2 N–H and O–H groups in total. The average molecular weight is 354 g/mol. The number of nitrogens with two attached hydrogens (primary N) is 1. The number of halogens is 1. The Balaban J connectivity index is 2.03. The number of sulfonamides is 1. The lowest BCUT2D eigenvalue weighted by molar-refractivity contribution is 0.598. The van der Waals surface area contributed by atoms with Crippen molar-refractivity contribution in [3.05, 3.63) is 58.6 Å². The van der Waals surface area contributed by atoms with Crippen molar-refractivity contribution in [2.75, 3.05) is 0 Å². The Morgan fingerprint density at radius 2 is 1.60 bits per heavy atom. The molecule has 0 atom stereocenters. The number of benzene rings is 2. The summed E-state index contributed by atoms with van der Waals surface area (Å²) in [6, 6.07) is 13.7. The Morgan fingerprint density at radius 1 is 1.00 bits per heavy atom. The van der Waals surface area contributed by atoms with Crippen molar-refractivity contribution in [3.8, 4) is 0 Å². The van der Waals surface area contributed by atoms with Gasteiger partial charge in [0.1, 0.15) is 0 Å². The molecular formula is C13H12BrN3O2S. The van der Waals surface area contributed by atoms with E-state index in [4.69, 9.17) is 5.14 Å². The quantitative estimate of drug-likeness (QED) is 0.854. The number of nitrogens with zero attached hydrogens (tertiary/aromatic N) is 2. The number of azo groups is 1. The Morgan fingerprint density at radius 3 is 2.15 bits per heavy atom. The van der Waals surface area contributed by atoms with E-state index in [1.807, 2.05) is 24.3 Å². The first-order valence-corrected chi connectivity index (χ1v) is 8.04. The summed E-state index contributed by atoms with van der Waals surface area (Å²) in [6.45, 7) is 0.463. The molecule has 0 heterocycles. The van der Waals surface area contributed by atoms with Gasteiger partial charge in [0.05, 0.1) is 17.1 Å². The molecule has 0 unspecified atom stereocenters. The topological polar surface area (TPSA) is 84.9 Å². The zero-order chi connectivity index (χ0) is 14.6. The van der Waals surface area contributed by atoms with E-state index in [0.717, 1.165) is 10.0 Å². The van der Waals surface area contributed by atoms with Crippen molar-refractivity contribution < 1.29 is 8.42 Å². The van der Waals surface area contributed by atoms with Crippen molar-refractivity contribution >= 4 is 31.6 Å².